The van der Waals surface area contributed by atoms with E-state index in [4.69, 9.17) is 0 Å². The number of sulfone groups is 1. The number of nitrogens with zero attached hydrogens (tertiary/aromatic N) is 2. The predicted octanol–water partition coefficient (Wildman–Crippen LogP) is 9.73. The highest BCUT2D eigenvalue weighted by atomic mass is 32.2. The van der Waals surface area contributed by atoms with Crippen molar-refractivity contribution in [1.82, 2.24) is 4.57 Å². The van der Waals surface area contributed by atoms with Crippen molar-refractivity contribution < 1.29 is 8.42 Å². The van der Waals surface area contributed by atoms with Crippen molar-refractivity contribution in [3.63, 3.8) is 0 Å². The molecular weight excluding hydrogens is 561 g/mol. The van der Waals surface area contributed by atoms with Gasteiger partial charge in [-0.2, -0.15) is 0 Å². The maximum Gasteiger partial charge on any atom is 0.206 e. The molecule has 5 heteroatoms. The molecule has 214 valence electrons. The summed E-state index contributed by atoms with van der Waals surface area (Å²) in [6.07, 6.45) is 0. The molecule has 1 aromatic heterocycles. The summed E-state index contributed by atoms with van der Waals surface area (Å²) in [6, 6.07) is 47.9. The molecule has 0 saturated heterocycles. The van der Waals surface area contributed by atoms with Crippen molar-refractivity contribution in [1.29, 1.82) is 0 Å². The molecule has 1 aliphatic heterocycles. The first-order chi connectivity index (χ1) is 21.4. The molecule has 4 nitrogen and oxygen atoms in total. The number of para-hydroxylation sites is 4. The van der Waals surface area contributed by atoms with Gasteiger partial charge in [-0.25, -0.2) is 8.42 Å². The Hall–Kier alpha value is -5.13. The number of rotatable bonds is 4. The fourth-order valence-electron chi connectivity index (χ4n) is 6.83. The van der Waals surface area contributed by atoms with Gasteiger partial charge in [0.15, 0.2) is 0 Å². The SMILES string of the molecule is CC1(C)c2ccccc2N(c2ccc(S(=O)(=O)c3ccc(-n4c5ccccc5c5ccccc54)cc3)cc2)c2ccccc21. The maximum atomic E-state index is 13.8. The van der Waals surface area contributed by atoms with E-state index in [1.165, 1.54) is 21.9 Å². The monoisotopic (exact) mass is 590 g/mol. The van der Waals surface area contributed by atoms with Gasteiger partial charge in [0.1, 0.15) is 0 Å². The minimum atomic E-state index is -3.72. The van der Waals surface area contributed by atoms with Gasteiger partial charge in [-0.05, 0) is 83.9 Å². The van der Waals surface area contributed by atoms with Gasteiger partial charge in [0.25, 0.3) is 0 Å². The van der Waals surface area contributed by atoms with Crippen LogP contribution in [0.5, 0.6) is 0 Å². The number of fused-ring (bicyclic) bond motifs is 5. The third kappa shape index (κ3) is 3.86. The van der Waals surface area contributed by atoms with Crippen molar-refractivity contribution in [3.05, 3.63) is 157 Å². The normalized spacial score (nSPS) is 14.0. The molecule has 0 radical (unpaired) electrons. The summed E-state index contributed by atoms with van der Waals surface area (Å²) in [5, 5.41) is 2.34. The molecule has 0 fully saturated rings. The number of hydrogen-bond donors (Lipinski definition) is 0. The lowest BCUT2D eigenvalue weighted by Crippen LogP contribution is -2.30. The van der Waals surface area contributed by atoms with E-state index in [2.05, 4.69) is 96.1 Å². The van der Waals surface area contributed by atoms with E-state index in [9.17, 15) is 8.42 Å². The molecule has 0 bridgehead atoms. The Kier molecular flexibility index (Phi) is 5.84. The van der Waals surface area contributed by atoms with Crippen LogP contribution in [0.4, 0.5) is 17.1 Å². The zero-order valence-electron chi connectivity index (χ0n) is 24.5. The Balaban J connectivity index is 1.16. The van der Waals surface area contributed by atoms with Gasteiger partial charge >= 0.3 is 0 Å². The molecule has 1 aliphatic rings. The average Bonchev–Trinajstić information content (AvgIpc) is 3.40. The smallest absolute Gasteiger partial charge is 0.206 e. The van der Waals surface area contributed by atoms with Crippen molar-refractivity contribution in [3.8, 4) is 5.69 Å². The molecule has 8 rings (SSSR count). The highest BCUT2D eigenvalue weighted by Gasteiger charge is 2.36. The Morgan fingerprint density at radius 1 is 0.477 bits per heavy atom. The molecule has 2 heterocycles. The fourth-order valence-corrected chi connectivity index (χ4v) is 8.09. The lowest BCUT2D eigenvalue weighted by atomic mass is 9.73. The zero-order chi connectivity index (χ0) is 30.1. The van der Waals surface area contributed by atoms with Crippen LogP contribution in [0.15, 0.2) is 155 Å². The van der Waals surface area contributed by atoms with E-state index in [1.807, 2.05) is 48.5 Å². The Bertz CT molecular complexity index is 2210. The van der Waals surface area contributed by atoms with Gasteiger partial charge in [-0.1, -0.05) is 86.6 Å². The van der Waals surface area contributed by atoms with Gasteiger partial charge in [-0.3, -0.25) is 0 Å². The first-order valence-corrected chi connectivity index (χ1v) is 16.3. The molecule has 7 aromatic rings. The topological polar surface area (TPSA) is 42.3 Å². The standard InChI is InChI=1S/C39H30N2O2S/c1-39(2)33-13-5-9-17-37(33)41(38-18-10-6-14-34(38)39)28-21-25-30(26-22-28)44(42,43)29-23-19-27(20-24-29)40-35-15-7-3-11-31(35)32-12-4-8-16-36(32)40/h3-26H,1-2H3. The van der Waals surface area contributed by atoms with Crippen LogP contribution in [0.1, 0.15) is 25.0 Å². The fraction of sp³-hybridized carbons (Fsp3) is 0.0769. The van der Waals surface area contributed by atoms with Crippen LogP contribution in [0.2, 0.25) is 0 Å². The zero-order valence-corrected chi connectivity index (χ0v) is 25.3. The van der Waals surface area contributed by atoms with Crippen LogP contribution in [0.3, 0.4) is 0 Å². The third-order valence-electron chi connectivity index (χ3n) is 9.03. The summed E-state index contributed by atoms with van der Waals surface area (Å²) in [5.41, 5.74) is 8.53. The summed E-state index contributed by atoms with van der Waals surface area (Å²) in [5.74, 6) is 0. The first kappa shape index (κ1) is 26.5. The van der Waals surface area contributed by atoms with Crippen LogP contribution >= 0.6 is 0 Å². The third-order valence-corrected chi connectivity index (χ3v) is 10.8. The van der Waals surface area contributed by atoms with Crippen LogP contribution < -0.4 is 4.90 Å². The lowest BCUT2D eigenvalue weighted by molar-refractivity contribution is 0.596. The molecule has 0 unspecified atom stereocenters. The Morgan fingerprint density at radius 3 is 1.39 bits per heavy atom. The van der Waals surface area contributed by atoms with E-state index in [0.29, 0.717) is 0 Å². The summed E-state index contributed by atoms with van der Waals surface area (Å²) >= 11 is 0. The summed E-state index contributed by atoms with van der Waals surface area (Å²) < 4.78 is 29.8. The second-order valence-electron chi connectivity index (χ2n) is 11.9. The summed E-state index contributed by atoms with van der Waals surface area (Å²) in [7, 11) is -3.72. The van der Waals surface area contributed by atoms with Gasteiger partial charge in [0, 0.05) is 27.6 Å². The molecule has 0 aliphatic carbocycles. The van der Waals surface area contributed by atoms with Crippen LogP contribution in [0.25, 0.3) is 27.5 Å². The molecule has 0 atom stereocenters. The molecule has 0 spiro atoms. The molecular formula is C39H30N2O2S. The first-order valence-electron chi connectivity index (χ1n) is 14.8. The maximum absolute atomic E-state index is 13.8. The van der Waals surface area contributed by atoms with Gasteiger partial charge in [0.2, 0.25) is 9.84 Å². The number of anilines is 3. The van der Waals surface area contributed by atoms with E-state index in [0.717, 1.165) is 33.8 Å². The Labute approximate surface area is 257 Å². The molecule has 0 saturated carbocycles. The van der Waals surface area contributed by atoms with Gasteiger partial charge < -0.3 is 9.47 Å². The largest absolute Gasteiger partial charge is 0.310 e. The quantitative estimate of drug-likeness (QED) is 0.205. The van der Waals surface area contributed by atoms with Crippen LogP contribution in [-0.4, -0.2) is 13.0 Å². The number of aromatic nitrogens is 1. The molecule has 0 N–H and O–H groups in total. The van der Waals surface area contributed by atoms with E-state index < -0.39 is 9.84 Å². The van der Waals surface area contributed by atoms with Crippen molar-refractivity contribution in [2.24, 2.45) is 0 Å². The van der Waals surface area contributed by atoms with Crippen molar-refractivity contribution in [2.45, 2.75) is 29.1 Å². The number of hydrogen-bond acceptors (Lipinski definition) is 3. The average molecular weight is 591 g/mol. The van der Waals surface area contributed by atoms with Gasteiger partial charge in [-0.15, -0.1) is 0 Å². The number of benzene rings is 6. The minimum Gasteiger partial charge on any atom is -0.310 e. The second kappa shape index (κ2) is 9.69. The molecule has 44 heavy (non-hydrogen) atoms. The van der Waals surface area contributed by atoms with E-state index in [1.54, 1.807) is 24.3 Å². The van der Waals surface area contributed by atoms with Crippen LogP contribution in [-0.2, 0) is 15.3 Å². The molecule has 0 amide bonds. The van der Waals surface area contributed by atoms with Crippen molar-refractivity contribution >= 4 is 48.7 Å². The highest BCUT2D eigenvalue weighted by molar-refractivity contribution is 7.91. The Morgan fingerprint density at radius 2 is 0.886 bits per heavy atom. The van der Waals surface area contributed by atoms with Crippen LogP contribution in [0, 0.1) is 0 Å². The minimum absolute atomic E-state index is 0.154. The van der Waals surface area contributed by atoms with Gasteiger partial charge in [0.05, 0.1) is 32.2 Å². The second-order valence-corrected chi connectivity index (χ2v) is 13.8. The van der Waals surface area contributed by atoms with Crippen molar-refractivity contribution in [2.75, 3.05) is 4.90 Å². The predicted molar refractivity (Wildman–Crippen MR) is 179 cm³/mol. The summed E-state index contributed by atoms with van der Waals surface area (Å²) in [4.78, 5) is 2.77. The van der Waals surface area contributed by atoms with E-state index in [-0.39, 0.29) is 15.2 Å². The highest BCUT2D eigenvalue weighted by Crippen LogP contribution is 2.51. The lowest BCUT2D eigenvalue weighted by Gasteiger charge is -2.42. The van der Waals surface area contributed by atoms with E-state index >= 15 is 0 Å². The summed E-state index contributed by atoms with van der Waals surface area (Å²) in [6.45, 7) is 4.51. The molecule has 6 aromatic carbocycles.